The second-order valence-corrected chi connectivity index (χ2v) is 4.56. The Morgan fingerprint density at radius 2 is 1.24 bits per heavy atom. The summed E-state index contributed by atoms with van der Waals surface area (Å²) in [7, 11) is 3.14. The number of hydrogen-bond donors (Lipinski definition) is 0. The van der Waals surface area contributed by atoms with Crippen LogP contribution in [0.2, 0.25) is 0 Å². The minimum Gasteiger partial charge on any atom is -0.496 e. The van der Waals surface area contributed by atoms with Crippen LogP contribution < -0.4 is 9.47 Å². The zero-order chi connectivity index (χ0) is 15.2. The second-order valence-electron chi connectivity index (χ2n) is 4.56. The van der Waals surface area contributed by atoms with E-state index in [-0.39, 0.29) is 0 Å². The molecule has 0 saturated carbocycles. The molecule has 0 heterocycles. The van der Waals surface area contributed by atoms with Gasteiger partial charge in [0.05, 0.1) is 14.2 Å². The van der Waals surface area contributed by atoms with Crippen LogP contribution in [-0.2, 0) is 6.42 Å². The highest BCUT2D eigenvalue weighted by molar-refractivity contribution is 5.77. The number of carbonyl (C=O) groups excluding carboxylic acids is 2. The van der Waals surface area contributed by atoms with Gasteiger partial charge in [-0.15, -0.1) is 0 Å². The molecule has 0 atom stereocenters. The van der Waals surface area contributed by atoms with Gasteiger partial charge < -0.3 is 9.47 Å². The Balaban J connectivity index is 2.37. The van der Waals surface area contributed by atoms with Gasteiger partial charge in [0.1, 0.15) is 24.1 Å². The summed E-state index contributed by atoms with van der Waals surface area (Å²) in [5.74, 6) is 1.31. The van der Waals surface area contributed by atoms with Crippen LogP contribution in [0.1, 0.15) is 31.8 Å². The largest absolute Gasteiger partial charge is 0.496 e. The summed E-state index contributed by atoms with van der Waals surface area (Å²) in [6, 6.07) is 10.6. The summed E-state index contributed by atoms with van der Waals surface area (Å²) in [6.07, 6.45) is 2.15. The summed E-state index contributed by atoms with van der Waals surface area (Å²) >= 11 is 0. The Labute approximate surface area is 123 Å². The van der Waals surface area contributed by atoms with E-state index in [4.69, 9.17) is 9.47 Å². The van der Waals surface area contributed by atoms with E-state index in [0.29, 0.717) is 29.0 Å². The van der Waals surface area contributed by atoms with Gasteiger partial charge in [-0.25, -0.2) is 0 Å². The molecule has 0 unspecified atom stereocenters. The van der Waals surface area contributed by atoms with Crippen molar-refractivity contribution in [3.63, 3.8) is 0 Å². The van der Waals surface area contributed by atoms with Crippen molar-refractivity contribution in [1.82, 2.24) is 0 Å². The fourth-order valence-electron chi connectivity index (χ4n) is 2.17. The SMILES string of the molecule is COc1cc(C=O)ccc1Cc1ccc(C=O)cc1OC. The van der Waals surface area contributed by atoms with Gasteiger partial charge in [0.25, 0.3) is 0 Å². The first-order chi connectivity index (χ1) is 10.2. The molecule has 0 bridgehead atoms. The van der Waals surface area contributed by atoms with Crippen LogP contribution in [0, 0.1) is 0 Å². The smallest absolute Gasteiger partial charge is 0.150 e. The lowest BCUT2D eigenvalue weighted by Crippen LogP contribution is -1.98. The minimum atomic E-state index is 0.568. The number of carbonyl (C=O) groups is 2. The molecule has 2 aromatic carbocycles. The van der Waals surface area contributed by atoms with Gasteiger partial charge in [-0.2, -0.15) is 0 Å². The van der Waals surface area contributed by atoms with Crippen molar-refractivity contribution >= 4 is 12.6 Å². The second kappa shape index (κ2) is 6.70. The Morgan fingerprint density at radius 3 is 1.57 bits per heavy atom. The topological polar surface area (TPSA) is 52.6 Å². The highest BCUT2D eigenvalue weighted by Gasteiger charge is 2.10. The first-order valence-electron chi connectivity index (χ1n) is 6.46. The lowest BCUT2D eigenvalue weighted by Gasteiger charge is -2.12. The highest BCUT2D eigenvalue weighted by Crippen LogP contribution is 2.27. The molecule has 0 aliphatic carbocycles. The summed E-state index contributed by atoms with van der Waals surface area (Å²) in [6.45, 7) is 0. The third-order valence-electron chi connectivity index (χ3n) is 3.28. The molecule has 0 aliphatic rings. The number of benzene rings is 2. The van der Waals surface area contributed by atoms with Gasteiger partial charge in [0.15, 0.2) is 0 Å². The van der Waals surface area contributed by atoms with Gasteiger partial charge in [-0.05, 0) is 23.3 Å². The van der Waals surface area contributed by atoms with E-state index in [2.05, 4.69) is 0 Å². The number of ether oxygens (including phenoxy) is 2. The van der Waals surface area contributed by atoms with E-state index in [1.807, 2.05) is 12.1 Å². The maximum Gasteiger partial charge on any atom is 0.150 e. The third kappa shape index (κ3) is 3.28. The molecule has 0 saturated heterocycles. The number of rotatable bonds is 6. The summed E-state index contributed by atoms with van der Waals surface area (Å²) in [5.41, 5.74) is 3.03. The lowest BCUT2D eigenvalue weighted by molar-refractivity contribution is 0.111. The first-order valence-corrected chi connectivity index (χ1v) is 6.46. The Kier molecular flexibility index (Phi) is 4.72. The molecule has 4 heteroatoms. The van der Waals surface area contributed by atoms with Crippen LogP contribution in [-0.4, -0.2) is 26.8 Å². The van der Waals surface area contributed by atoms with Crippen LogP contribution in [0.5, 0.6) is 11.5 Å². The van der Waals surface area contributed by atoms with E-state index >= 15 is 0 Å². The monoisotopic (exact) mass is 284 g/mol. The zero-order valence-corrected chi connectivity index (χ0v) is 12.0. The molecule has 0 spiro atoms. The minimum absolute atomic E-state index is 0.568. The van der Waals surface area contributed by atoms with Crippen molar-refractivity contribution in [2.45, 2.75) is 6.42 Å². The maximum absolute atomic E-state index is 10.8. The predicted molar refractivity (Wildman–Crippen MR) is 79.6 cm³/mol. The van der Waals surface area contributed by atoms with Crippen LogP contribution in [0.15, 0.2) is 36.4 Å². The molecule has 0 N–H and O–H groups in total. The Bertz CT molecular complexity index is 604. The summed E-state index contributed by atoms with van der Waals surface area (Å²) < 4.78 is 10.6. The zero-order valence-electron chi connectivity index (χ0n) is 12.0. The van der Waals surface area contributed by atoms with E-state index in [0.717, 1.165) is 23.7 Å². The fourth-order valence-corrected chi connectivity index (χ4v) is 2.17. The van der Waals surface area contributed by atoms with E-state index in [1.165, 1.54) is 0 Å². The molecule has 0 fully saturated rings. The molecule has 0 aromatic heterocycles. The predicted octanol–water partition coefficient (Wildman–Crippen LogP) is 2.92. The van der Waals surface area contributed by atoms with Gasteiger partial charge in [-0.3, -0.25) is 9.59 Å². The lowest BCUT2D eigenvalue weighted by atomic mass is 10.0. The quantitative estimate of drug-likeness (QED) is 0.765. The number of hydrogen-bond acceptors (Lipinski definition) is 4. The molecule has 21 heavy (non-hydrogen) atoms. The molecule has 2 rings (SSSR count). The molecule has 0 radical (unpaired) electrons. The van der Waals surface area contributed by atoms with Gasteiger partial charge >= 0.3 is 0 Å². The van der Waals surface area contributed by atoms with E-state index in [1.54, 1.807) is 38.5 Å². The van der Waals surface area contributed by atoms with Crippen molar-refractivity contribution in [1.29, 1.82) is 0 Å². The Hall–Kier alpha value is -2.62. The average molecular weight is 284 g/mol. The van der Waals surface area contributed by atoms with E-state index in [9.17, 15) is 9.59 Å². The fraction of sp³-hybridized carbons (Fsp3) is 0.176. The van der Waals surface area contributed by atoms with Crippen LogP contribution >= 0.6 is 0 Å². The first kappa shape index (κ1) is 14.8. The number of methoxy groups -OCH3 is 2. The van der Waals surface area contributed by atoms with Crippen molar-refractivity contribution in [2.24, 2.45) is 0 Å². The average Bonchev–Trinajstić information content (AvgIpc) is 2.55. The molecule has 2 aromatic rings. The highest BCUT2D eigenvalue weighted by atomic mass is 16.5. The van der Waals surface area contributed by atoms with Crippen LogP contribution in [0.4, 0.5) is 0 Å². The summed E-state index contributed by atoms with van der Waals surface area (Å²) in [4.78, 5) is 21.6. The van der Waals surface area contributed by atoms with Crippen molar-refractivity contribution in [2.75, 3.05) is 14.2 Å². The normalized spacial score (nSPS) is 10.0. The van der Waals surface area contributed by atoms with E-state index < -0.39 is 0 Å². The molecule has 4 nitrogen and oxygen atoms in total. The van der Waals surface area contributed by atoms with Crippen LogP contribution in [0.25, 0.3) is 0 Å². The van der Waals surface area contributed by atoms with Gasteiger partial charge in [0.2, 0.25) is 0 Å². The molecule has 0 aliphatic heterocycles. The van der Waals surface area contributed by atoms with Crippen molar-refractivity contribution < 1.29 is 19.1 Å². The van der Waals surface area contributed by atoms with Crippen molar-refractivity contribution in [3.05, 3.63) is 58.7 Å². The standard InChI is InChI=1S/C17H16O4/c1-20-16-7-12(10-18)3-5-14(16)9-15-6-4-13(11-19)8-17(15)21-2/h3-8,10-11H,9H2,1-2H3. The summed E-state index contributed by atoms with van der Waals surface area (Å²) in [5, 5.41) is 0. The Morgan fingerprint density at radius 1 is 0.810 bits per heavy atom. The van der Waals surface area contributed by atoms with Crippen LogP contribution in [0.3, 0.4) is 0 Å². The molecule has 108 valence electrons. The van der Waals surface area contributed by atoms with Gasteiger partial charge in [0, 0.05) is 17.5 Å². The molecule has 0 amide bonds. The molecular formula is C17H16O4. The van der Waals surface area contributed by atoms with Gasteiger partial charge in [-0.1, -0.05) is 24.3 Å². The molecular weight excluding hydrogens is 268 g/mol. The number of aldehydes is 2. The maximum atomic E-state index is 10.8. The van der Waals surface area contributed by atoms with Crippen molar-refractivity contribution in [3.8, 4) is 11.5 Å². The third-order valence-corrected chi connectivity index (χ3v) is 3.28.